The zero-order chi connectivity index (χ0) is 33.4. The van der Waals surface area contributed by atoms with Gasteiger partial charge in [-0.15, -0.1) is 0 Å². The highest BCUT2D eigenvalue weighted by molar-refractivity contribution is 5.90. The summed E-state index contributed by atoms with van der Waals surface area (Å²) in [6.07, 6.45) is 0. The number of nitrogens with zero attached hydrogens (tertiary/aromatic N) is 7. The molecule has 4 N–H and O–H groups in total. The molecule has 0 atom stereocenters. The molecule has 1 saturated heterocycles. The number of likely N-dealkylation sites (N-methyl/N-ethyl adjacent to an activating group) is 4. The van der Waals surface area contributed by atoms with E-state index in [4.69, 9.17) is 0 Å². The third-order valence-corrected chi connectivity index (χ3v) is 7.05. The van der Waals surface area contributed by atoms with Crippen molar-refractivity contribution in [3.8, 4) is 0 Å². The molecule has 250 valence electrons. The lowest BCUT2D eigenvalue weighted by Gasteiger charge is -2.33. The van der Waals surface area contributed by atoms with Crippen LogP contribution in [0.15, 0.2) is 0 Å². The van der Waals surface area contributed by atoms with Crippen LogP contribution >= 0.6 is 0 Å². The summed E-state index contributed by atoms with van der Waals surface area (Å²) in [5, 5.41) is 30.4. The van der Waals surface area contributed by atoms with E-state index in [9.17, 15) is 48.9 Å². The number of amides is 4. The zero-order valence-corrected chi connectivity index (χ0v) is 25.9. The van der Waals surface area contributed by atoms with E-state index >= 15 is 0 Å². The number of nitrogens with one attached hydrogen (secondary N) is 1. The molecule has 1 fully saturated rings. The van der Waals surface area contributed by atoms with Crippen LogP contribution in [0.3, 0.4) is 0 Å². The van der Waals surface area contributed by atoms with Crippen molar-refractivity contribution in [1.82, 2.24) is 39.6 Å². The van der Waals surface area contributed by atoms with E-state index in [2.05, 4.69) is 5.32 Å². The van der Waals surface area contributed by atoms with Crippen LogP contribution < -0.4 is 5.32 Å². The fourth-order valence-electron chi connectivity index (χ4n) is 4.30. The summed E-state index contributed by atoms with van der Waals surface area (Å²) in [6, 6.07) is 0. The highest BCUT2D eigenvalue weighted by Gasteiger charge is 2.24. The lowest BCUT2D eigenvalue weighted by atomic mass is 10.3. The number of hydrogen-bond acceptors (Lipinski definition) is 11. The highest BCUT2D eigenvalue weighted by Crippen LogP contribution is 2.03. The van der Waals surface area contributed by atoms with Crippen molar-refractivity contribution in [1.29, 1.82) is 0 Å². The van der Waals surface area contributed by atoms with Crippen LogP contribution in [0, 0.1) is 0 Å². The lowest BCUT2D eigenvalue weighted by molar-refractivity contribution is -0.143. The maximum atomic E-state index is 13.1. The molecule has 1 heterocycles. The summed E-state index contributed by atoms with van der Waals surface area (Å²) >= 11 is 0. The molecular weight excluding hydrogens is 584 g/mol. The van der Waals surface area contributed by atoms with E-state index in [-0.39, 0.29) is 104 Å². The minimum atomic E-state index is -1.06. The van der Waals surface area contributed by atoms with Gasteiger partial charge in [0.2, 0.25) is 23.6 Å². The maximum absolute atomic E-state index is 13.1. The van der Waals surface area contributed by atoms with E-state index < -0.39 is 35.6 Å². The summed E-state index contributed by atoms with van der Waals surface area (Å²) in [6.45, 7) is 0.260. The van der Waals surface area contributed by atoms with Gasteiger partial charge in [-0.05, 0) is 0 Å². The Hall–Kier alpha value is -3.87. The van der Waals surface area contributed by atoms with Crippen LogP contribution in [0.5, 0.6) is 0 Å². The van der Waals surface area contributed by atoms with Crippen molar-refractivity contribution in [2.75, 3.05) is 126 Å². The van der Waals surface area contributed by atoms with Gasteiger partial charge in [0.1, 0.15) is 0 Å². The molecule has 1 aliphatic rings. The Morgan fingerprint density at radius 1 is 0.500 bits per heavy atom. The molecule has 1 aliphatic heterocycles. The maximum Gasteiger partial charge on any atom is 0.317 e. The van der Waals surface area contributed by atoms with Gasteiger partial charge in [-0.3, -0.25) is 53.2 Å². The Bertz CT molecular complexity index is 997. The van der Waals surface area contributed by atoms with Crippen LogP contribution in [0.2, 0.25) is 0 Å². The SMILES string of the molecule is CNC(=O)CN(C)C(=O)CN(C)C(=O)CN(C)C(=O)CN1CCN(CC(=O)O)CCN(CC(=O)O)CCN(CC(=O)O)CC1. The Labute approximate surface area is 256 Å². The predicted octanol–water partition coefficient (Wildman–Crippen LogP) is -4.42. The quantitative estimate of drug-likeness (QED) is 0.143. The van der Waals surface area contributed by atoms with Gasteiger partial charge in [0.25, 0.3) is 0 Å². The van der Waals surface area contributed by atoms with Crippen LogP contribution in [0.1, 0.15) is 0 Å². The van der Waals surface area contributed by atoms with Gasteiger partial charge >= 0.3 is 17.9 Å². The summed E-state index contributed by atoms with van der Waals surface area (Å²) < 4.78 is 0. The van der Waals surface area contributed by atoms with Gasteiger partial charge in [-0.1, -0.05) is 0 Å². The Morgan fingerprint density at radius 2 is 0.773 bits per heavy atom. The fraction of sp³-hybridized carbons (Fsp3) is 0.731. The number of rotatable bonds is 14. The van der Waals surface area contributed by atoms with E-state index in [0.29, 0.717) is 0 Å². The monoisotopic (exact) mass is 630 g/mol. The predicted molar refractivity (Wildman–Crippen MR) is 156 cm³/mol. The Morgan fingerprint density at radius 3 is 1.07 bits per heavy atom. The Balaban J connectivity index is 2.91. The van der Waals surface area contributed by atoms with Gasteiger partial charge in [0.05, 0.1) is 45.8 Å². The molecule has 0 spiro atoms. The van der Waals surface area contributed by atoms with Gasteiger partial charge in [0, 0.05) is 80.5 Å². The number of carbonyl (C=O) groups is 7. The first-order chi connectivity index (χ1) is 20.6. The molecule has 4 amide bonds. The van der Waals surface area contributed by atoms with Crippen molar-refractivity contribution in [3.63, 3.8) is 0 Å². The average Bonchev–Trinajstić information content (AvgIpc) is 2.93. The first-order valence-corrected chi connectivity index (χ1v) is 14.1. The molecule has 0 radical (unpaired) electrons. The molecule has 44 heavy (non-hydrogen) atoms. The fourth-order valence-corrected chi connectivity index (χ4v) is 4.30. The Kier molecular flexibility index (Phi) is 16.8. The molecule has 0 saturated carbocycles. The second-order valence-electron chi connectivity index (χ2n) is 10.7. The number of carbonyl (C=O) groups excluding carboxylic acids is 4. The molecule has 18 nitrogen and oxygen atoms in total. The summed E-state index contributed by atoms with van der Waals surface area (Å²) in [7, 11) is 5.73. The summed E-state index contributed by atoms with van der Waals surface area (Å²) in [5.74, 6) is -4.90. The van der Waals surface area contributed by atoms with E-state index in [0.717, 1.165) is 4.90 Å². The summed E-state index contributed by atoms with van der Waals surface area (Å²) in [5.41, 5.74) is 0. The minimum absolute atomic E-state index is 0.131. The number of carboxylic acid groups (broad SMARTS) is 3. The van der Waals surface area contributed by atoms with Crippen molar-refractivity contribution in [2.24, 2.45) is 0 Å². The summed E-state index contributed by atoms with van der Waals surface area (Å²) in [4.78, 5) is 94.2. The van der Waals surface area contributed by atoms with Crippen molar-refractivity contribution in [3.05, 3.63) is 0 Å². The molecule has 0 aromatic carbocycles. The third-order valence-electron chi connectivity index (χ3n) is 7.05. The van der Waals surface area contributed by atoms with Crippen molar-refractivity contribution >= 4 is 41.5 Å². The third kappa shape index (κ3) is 15.6. The number of hydrogen-bond donors (Lipinski definition) is 4. The molecule has 0 aromatic rings. The number of carboxylic acids is 3. The van der Waals surface area contributed by atoms with Gasteiger partial charge in [-0.2, -0.15) is 0 Å². The van der Waals surface area contributed by atoms with Crippen LogP contribution in [0.4, 0.5) is 0 Å². The van der Waals surface area contributed by atoms with Crippen LogP contribution in [-0.2, 0) is 33.6 Å². The molecular formula is C26H46N8O10. The lowest BCUT2D eigenvalue weighted by Crippen LogP contribution is -2.50. The van der Waals surface area contributed by atoms with Crippen LogP contribution in [-0.4, -0.2) is 218 Å². The topological polar surface area (TPSA) is 215 Å². The molecule has 0 aliphatic carbocycles. The second kappa shape index (κ2) is 19.4. The average molecular weight is 631 g/mol. The molecule has 18 heteroatoms. The van der Waals surface area contributed by atoms with Crippen molar-refractivity contribution < 1.29 is 48.9 Å². The van der Waals surface area contributed by atoms with E-state index in [1.54, 1.807) is 19.6 Å². The molecule has 0 bridgehead atoms. The molecule has 1 rings (SSSR count). The van der Waals surface area contributed by atoms with Gasteiger partial charge in [-0.25, -0.2) is 0 Å². The van der Waals surface area contributed by atoms with E-state index in [1.807, 2.05) is 0 Å². The van der Waals surface area contributed by atoms with Crippen molar-refractivity contribution in [2.45, 2.75) is 0 Å². The number of aliphatic carboxylic acids is 3. The standard InChI is InChI=1S/C26H46N8O10/c1-27-20(35)13-28(2)21(36)14-29(3)22(37)15-30(4)23(38)16-31-5-7-32(17-24(39)40)9-11-34(19-26(43)44)12-10-33(8-6-31)18-25(41)42/h5-19H2,1-4H3,(H,27,35)(H,39,40)(H,41,42)(H,43,44). The molecule has 0 aromatic heterocycles. The van der Waals surface area contributed by atoms with Crippen LogP contribution in [0.25, 0.3) is 0 Å². The van der Waals surface area contributed by atoms with Gasteiger partial charge < -0.3 is 35.3 Å². The molecule has 0 unspecified atom stereocenters. The second-order valence-corrected chi connectivity index (χ2v) is 10.7. The minimum Gasteiger partial charge on any atom is -0.480 e. The zero-order valence-electron chi connectivity index (χ0n) is 25.9. The van der Waals surface area contributed by atoms with Gasteiger partial charge in [0.15, 0.2) is 0 Å². The first-order valence-electron chi connectivity index (χ1n) is 14.1. The highest BCUT2D eigenvalue weighted by atomic mass is 16.4. The normalized spacial score (nSPS) is 16.2. The van der Waals surface area contributed by atoms with E-state index in [1.165, 1.54) is 38.0 Å². The first kappa shape index (κ1) is 38.2. The largest absolute Gasteiger partial charge is 0.480 e. The smallest absolute Gasteiger partial charge is 0.317 e.